The Morgan fingerprint density at radius 2 is 1.96 bits per heavy atom. The van der Waals surface area contributed by atoms with Gasteiger partial charge in [0.05, 0.1) is 18.1 Å². The van der Waals surface area contributed by atoms with Crippen LogP contribution in [-0.4, -0.2) is 56.1 Å². The minimum atomic E-state index is -3.40. The fraction of sp³-hybridized carbons (Fsp3) is 0.647. The van der Waals surface area contributed by atoms with Gasteiger partial charge in [-0.15, -0.1) is 11.8 Å². The Morgan fingerprint density at radius 3 is 2.58 bits per heavy atom. The third-order valence-corrected chi connectivity index (χ3v) is 8.45. The Morgan fingerprint density at radius 1 is 1.25 bits per heavy atom. The van der Waals surface area contributed by atoms with Gasteiger partial charge in [-0.1, -0.05) is 0 Å². The van der Waals surface area contributed by atoms with E-state index >= 15 is 0 Å². The van der Waals surface area contributed by atoms with E-state index in [1.165, 1.54) is 12.8 Å². The van der Waals surface area contributed by atoms with Crippen molar-refractivity contribution >= 4 is 21.8 Å². The Labute approximate surface area is 147 Å². The van der Waals surface area contributed by atoms with Gasteiger partial charge in [-0.3, -0.25) is 0 Å². The molecule has 0 amide bonds. The second-order valence-electron chi connectivity index (χ2n) is 7.05. The van der Waals surface area contributed by atoms with Crippen LogP contribution in [0.3, 0.4) is 0 Å². The Bertz CT molecular complexity index is 694. The molecule has 0 aromatic heterocycles. The van der Waals surface area contributed by atoms with Gasteiger partial charge in [0.1, 0.15) is 5.75 Å². The smallest absolute Gasteiger partial charge is 0.243 e. The molecule has 7 heteroatoms. The van der Waals surface area contributed by atoms with Gasteiger partial charge in [0.25, 0.3) is 0 Å². The SMILES string of the molecule is COc1ccc(S(=O)(=O)N2CC3(CC(OCC4CC4)CS3)C2)cc1. The first-order valence-corrected chi connectivity index (χ1v) is 10.8. The number of rotatable bonds is 6. The van der Waals surface area contributed by atoms with Gasteiger partial charge in [0.15, 0.2) is 0 Å². The molecule has 1 spiro atoms. The molecule has 1 saturated carbocycles. The van der Waals surface area contributed by atoms with Crippen LogP contribution < -0.4 is 4.74 Å². The zero-order valence-corrected chi connectivity index (χ0v) is 15.4. The summed E-state index contributed by atoms with van der Waals surface area (Å²) in [6.45, 7) is 2.07. The van der Waals surface area contributed by atoms with Crippen molar-refractivity contribution in [3.63, 3.8) is 0 Å². The number of methoxy groups -OCH3 is 1. The van der Waals surface area contributed by atoms with Crippen molar-refractivity contribution in [2.24, 2.45) is 5.92 Å². The predicted octanol–water partition coefficient (Wildman–Crippen LogP) is 2.37. The monoisotopic (exact) mass is 369 g/mol. The molecule has 3 fully saturated rings. The van der Waals surface area contributed by atoms with E-state index in [4.69, 9.17) is 9.47 Å². The topological polar surface area (TPSA) is 55.8 Å². The minimum Gasteiger partial charge on any atom is -0.497 e. The molecule has 1 atom stereocenters. The summed E-state index contributed by atoms with van der Waals surface area (Å²) in [6.07, 6.45) is 3.87. The predicted molar refractivity (Wildman–Crippen MR) is 94.0 cm³/mol. The largest absolute Gasteiger partial charge is 0.497 e. The van der Waals surface area contributed by atoms with Gasteiger partial charge in [0.2, 0.25) is 10.0 Å². The van der Waals surface area contributed by atoms with Gasteiger partial charge < -0.3 is 9.47 Å². The fourth-order valence-corrected chi connectivity index (χ4v) is 6.68. The summed E-state index contributed by atoms with van der Waals surface area (Å²) >= 11 is 1.88. The summed E-state index contributed by atoms with van der Waals surface area (Å²) < 4.78 is 38.1. The molecule has 5 nitrogen and oxygen atoms in total. The van der Waals surface area contributed by atoms with E-state index in [-0.39, 0.29) is 4.75 Å². The highest BCUT2D eigenvalue weighted by molar-refractivity contribution is 8.01. The van der Waals surface area contributed by atoms with E-state index in [2.05, 4.69) is 0 Å². The molecule has 1 unspecified atom stereocenters. The molecule has 2 aliphatic heterocycles. The van der Waals surface area contributed by atoms with E-state index in [1.54, 1.807) is 35.7 Å². The van der Waals surface area contributed by atoms with Gasteiger partial charge >= 0.3 is 0 Å². The lowest BCUT2D eigenvalue weighted by Gasteiger charge is -2.46. The lowest BCUT2D eigenvalue weighted by Crippen LogP contribution is -2.60. The van der Waals surface area contributed by atoms with Crippen LogP contribution in [0.15, 0.2) is 29.2 Å². The number of hydrogen-bond donors (Lipinski definition) is 0. The normalized spacial score (nSPS) is 26.5. The lowest BCUT2D eigenvalue weighted by atomic mass is 9.95. The molecule has 132 valence electrons. The van der Waals surface area contributed by atoms with E-state index in [1.807, 2.05) is 11.8 Å². The van der Waals surface area contributed by atoms with Crippen molar-refractivity contribution in [3.8, 4) is 5.75 Å². The maximum absolute atomic E-state index is 12.7. The number of hydrogen-bond acceptors (Lipinski definition) is 5. The zero-order valence-electron chi connectivity index (χ0n) is 13.8. The van der Waals surface area contributed by atoms with E-state index < -0.39 is 10.0 Å². The first-order chi connectivity index (χ1) is 11.5. The molecule has 1 aliphatic carbocycles. The summed E-state index contributed by atoms with van der Waals surface area (Å²) in [5.41, 5.74) is 0. The second kappa shape index (κ2) is 6.20. The third kappa shape index (κ3) is 3.19. The lowest BCUT2D eigenvalue weighted by molar-refractivity contribution is 0.0446. The summed E-state index contributed by atoms with van der Waals surface area (Å²) in [5.74, 6) is 2.43. The van der Waals surface area contributed by atoms with Crippen molar-refractivity contribution in [1.29, 1.82) is 0 Å². The molecule has 3 aliphatic rings. The van der Waals surface area contributed by atoms with Gasteiger partial charge in [0, 0.05) is 30.2 Å². The van der Waals surface area contributed by atoms with Crippen LogP contribution in [0.2, 0.25) is 0 Å². The number of ether oxygens (including phenoxy) is 2. The van der Waals surface area contributed by atoms with Crippen LogP contribution in [-0.2, 0) is 14.8 Å². The molecule has 0 bridgehead atoms. The Kier molecular flexibility index (Phi) is 4.31. The van der Waals surface area contributed by atoms with Crippen molar-refractivity contribution < 1.29 is 17.9 Å². The third-order valence-electron chi connectivity index (χ3n) is 5.07. The van der Waals surface area contributed by atoms with Crippen LogP contribution in [0, 0.1) is 5.92 Å². The van der Waals surface area contributed by atoms with Crippen LogP contribution in [0.25, 0.3) is 0 Å². The fourth-order valence-electron chi connectivity index (χ4n) is 3.35. The molecule has 0 N–H and O–H groups in total. The maximum atomic E-state index is 12.7. The molecule has 1 aromatic rings. The number of thioether (sulfide) groups is 1. The van der Waals surface area contributed by atoms with Gasteiger partial charge in [-0.25, -0.2) is 8.42 Å². The maximum Gasteiger partial charge on any atom is 0.243 e. The second-order valence-corrected chi connectivity index (χ2v) is 10.5. The molecule has 4 rings (SSSR count). The van der Waals surface area contributed by atoms with Crippen molar-refractivity contribution in [2.45, 2.75) is 35.0 Å². The highest BCUT2D eigenvalue weighted by atomic mass is 32.2. The van der Waals surface area contributed by atoms with Crippen LogP contribution >= 0.6 is 11.8 Å². The van der Waals surface area contributed by atoms with Crippen molar-refractivity contribution in [2.75, 3.05) is 32.6 Å². The first-order valence-electron chi connectivity index (χ1n) is 8.41. The average Bonchev–Trinajstić information content (AvgIpc) is 3.28. The Hall–Kier alpha value is -0.760. The van der Waals surface area contributed by atoms with E-state index in [9.17, 15) is 8.42 Å². The molecular formula is C17H23NO4S2. The number of benzene rings is 1. The zero-order chi connectivity index (χ0) is 16.8. The molecule has 2 saturated heterocycles. The van der Waals surface area contributed by atoms with Gasteiger partial charge in [-0.05, 0) is 49.4 Å². The van der Waals surface area contributed by atoms with Crippen LogP contribution in [0.1, 0.15) is 19.3 Å². The summed E-state index contributed by atoms with van der Waals surface area (Å²) in [6, 6.07) is 6.61. The first kappa shape index (κ1) is 16.7. The van der Waals surface area contributed by atoms with Crippen LogP contribution in [0.5, 0.6) is 5.75 Å². The minimum absolute atomic E-state index is 0.0633. The Balaban J connectivity index is 1.35. The summed E-state index contributed by atoms with van der Waals surface area (Å²) in [7, 11) is -1.83. The molecule has 1 aromatic carbocycles. The van der Waals surface area contributed by atoms with Crippen molar-refractivity contribution in [3.05, 3.63) is 24.3 Å². The quantitative estimate of drug-likeness (QED) is 0.771. The van der Waals surface area contributed by atoms with Gasteiger partial charge in [-0.2, -0.15) is 4.31 Å². The summed E-state index contributed by atoms with van der Waals surface area (Å²) in [4.78, 5) is 0.336. The standard InChI is InChI=1S/C17H23NO4S2/c1-21-14-4-6-16(7-5-14)24(19,20)18-11-17(12-18)8-15(10-23-17)22-9-13-2-3-13/h4-7,13,15H,2-3,8-12H2,1H3. The molecule has 0 radical (unpaired) electrons. The van der Waals surface area contributed by atoms with E-state index in [0.29, 0.717) is 29.8 Å². The highest BCUT2D eigenvalue weighted by Gasteiger charge is 2.53. The summed E-state index contributed by atoms with van der Waals surface area (Å²) in [5, 5.41) is 0. The molecular weight excluding hydrogens is 346 g/mol. The number of sulfonamides is 1. The molecule has 2 heterocycles. The molecule has 24 heavy (non-hydrogen) atoms. The highest BCUT2D eigenvalue weighted by Crippen LogP contribution is 2.48. The van der Waals surface area contributed by atoms with Crippen molar-refractivity contribution in [1.82, 2.24) is 4.31 Å². The van der Waals surface area contributed by atoms with E-state index in [0.717, 1.165) is 24.7 Å². The average molecular weight is 370 g/mol. The van der Waals surface area contributed by atoms with Crippen LogP contribution in [0.4, 0.5) is 0 Å². The number of nitrogens with zero attached hydrogens (tertiary/aromatic N) is 1.